The van der Waals surface area contributed by atoms with Gasteiger partial charge < -0.3 is 0 Å². The third kappa shape index (κ3) is 2.63. The Bertz CT molecular complexity index is 241. The zero-order valence-electron chi connectivity index (χ0n) is 7.68. The monoisotopic (exact) mass is 226 g/mol. The average molecular weight is 227 g/mol. The van der Waals surface area contributed by atoms with Crippen molar-refractivity contribution < 1.29 is 0 Å². The highest BCUT2D eigenvalue weighted by molar-refractivity contribution is 9.09. The van der Waals surface area contributed by atoms with Crippen molar-refractivity contribution in [1.82, 2.24) is 0 Å². The summed E-state index contributed by atoms with van der Waals surface area (Å²) in [4.78, 5) is 0.574. The molecular formula is C11H15Br. The lowest BCUT2D eigenvalue weighted by atomic mass is 10.0. The van der Waals surface area contributed by atoms with Crippen LogP contribution in [0.2, 0.25) is 0 Å². The van der Waals surface area contributed by atoms with Crippen LogP contribution in [0, 0.1) is 0 Å². The average Bonchev–Trinajstić information content (AvgIpc) is 2.04. The van der Waals surface area contributed by atoms with E-state index in [2.05, 4.69) is 54.0 Å². The van der Waals surface area contributed by atoms with Crippen LogP contribution >= 0.6 is 15.9 Å². The van der Waals surface area contributed by atoms with Gasteiger partial charge in [0.05, 0.1) is 0 Å². The predicted molar refractivity (Wildman–Crippen MR) is 57.9 cm³/mol. The normalized spacial score (nSPS) is 12.9. The SMILES string of the molecule is CCc1ccccc1CC(C)Br. The van der Waals surface area contributed by atoms with E-state index < -0.39 is 0 Å². The van der Waals surface area contributed by atoms with Gasteiger partial charge in [-0.1, -0.05) is 54.0 Å². The standard InChI is InChI=1S/C11H15Br/c1-3-10-6-4-5-7-11(10)8-9(2)12/h4-7,9H,3,8H2,1-2H3. The first kappa shape index (κ1) is 9.79. The second-order valence-electron chi connectivity index (χ2n) is 3.11. The summed E-state index contributed by atoms with van der Waals surface area (Å²) in [5, 5.41) is 0. The molecule has 1 aromatic carbocycles. The Morgan fingerprint density at radius 2 is 1.83 bits per heavy atom. The van der Waals surface area contributed by atoms with Crippen molar-refractivity contribution in [3.63, 3.8) is 0 Å². The molecule has 1 heteroatoms. The van der Waals surface area contributed by atoms with Gasteiger partial charge in [-0.25, -0.2) is 0 Å². The summed E-state index contributed by atoms with van der Waals surface area (Å²) in [7, 11) is 0. The summed E-state index contributed by atoms with van der Waals surface area (Å²) in [6, 6.07) is 8.66. The molecule has 0 fully saturated rings. The summed E-state index contributed by atoms with van der Waals surface area (Å²) in [6.45, 7) is 4.39. The zero-order valence-corrected chi connectivity index (χ0v) is 9.26. The van der Waals surface area contributed by atoms with E-state index in [4.69, 9.17) is 0 Å². The molecule has 0 nitrogen and oxygen atoms in total. The molecule has 0 aliphatic rings. The molecule has 1 aromatic rings. The van der Waals surface area contributed by atoms with Gasteiger partial charge in [0, 0.05) is 4.83 Å². The molecule has 0 aliphatic heterocycles. The minimum absolute atomic E-state index is 0.574. The first-order valence-electron chi connectivity index (χ1n) is 4.45. The highest BCUT2D eigenvalue weighted by Crippen LogP contribution is 2.14. The first-order chi connectivity index (χ1) is 5.74. The van der Waals surface area contributed by atoms with Gasteiger partial charge in [-0.05, 0) is 24.0 Å². The van der Waals surface area contributed by atoms with Crippen LogP contribution in [0.5, 0.6) is 0 Å². The van der Waals surface area contributed by atoms with Crippen molar-refractivity contribution >= 4 is 15.9 Å². The zero-order chi connectivity index (χ0) is 8.97. The van der Waals surface area contributed by atoms with E-state index >= 15 is 0 Å². The lowest BCUT2D eigenvalue weighted by molar-refractivity contribution is 0.931. The third-order valence-corrected chi connectivity index (χ3v) is 2.32. The lowest BCUT2D eigenvalue weighted by Crippen LogP contribution is -1.99. The Morgan fingerprint density at radius 3 is 2.33 bits per heavy atom. The Hall–Kier alpha value is -0.300. The van der Waals surface area contributed by atoms with Crippen molar-refractivity contribution in [1.29, 1.82) is 0 Å². The van der Waals surface area contributed by atoms with Gasteiger partial charge in [0.2, 0.25) is 0 Å². The van der Waals surface area contributed by atoms with E-state index in [0.29, 0.717) is 4.83 Å². The maximum absolute atomic E-state index is 3.57. The second kappa shape index (κ2) is 4.66. The molecule has 0 amide bonds. The number of hydrogen-bond acceptors (Lipinski definition) is 0. The van der Waals surface area contributed by atoms with Crippen molar-refractivity contribution in [2.75, 3.05) is 0 Å². The van der Waals surface area contributed by atoms with Crippen LogP contribution in [0.4, 0.5) is 0 Å². The third-order valence-electron chi connectivity index (χ3n) is 2.00. The maximum atomic E-state index is 3.57. The van der Waals surface area contributed by atoms with Gasteiger partial charge >= 0.3 is 0 Å². The molecule has 1 atom stereocenters. The molecule has 0 saturated heterocycles. The summed E-state index contributed by atoms with van der Waals surface area (Å²) in [5.41, 5.74) is 2.95. The highest BCUT2D eigenvalue weighted by Gasteiger charge is 2.02. The Kier molecular flexibility index (Phi) is 3.80. The Morgan fingerprint density at radius 1 is 1.25 bits per heavy atom. The lowest BCUT2D eigenvalue weighted by Gasteiger charge is -2.08. The summed E-state index contributed by atoms with van der Waals surface area (Å²) in [5.74, 6) is 0. The van der Waals surface area contributed by atoms with Crippen molar-refractivity contribution in [3.8, 4) is 0 Å². The van der Waals surface area contributed by atoms with Gasteiger partial charge in [0.15, 0.2) is 0 Å². The highest BCUT2D eigenvalue weighted by atomic mass is 79.9. The number of hydrogen-bond donors (Lipinski definition) is 0. The number of halogens is 1. The number of rotatable bonds is 3. The van der Waals surface area contributed by atoms with Crippen LogP contribution in [0.15, 0.2) is 24.3 Å². The van der Waals surface area contributed by atoms with E-state index in [1.165, 1.54) is 11.1 Å². The number of aryl methyl sites for hydroxylation is 1. The molecule has 0 N–H and O–H groups in total. The van der Waals surface area contributed by atoms with E-state index in [1.54, 1.807) is 0 Å². The van der Waals surface area contributed by atoms with Crippen molar-refractivity contribution in [2.24, 2.45) is 0 Å². The van der Waals surface area contributed by atoms with Gasteiger partial charge in [-0.3, -0.25) is 0 Å². The predicted octanol–water partition coefficient (Wildman–Crippen LogP) is 3.57. The summed E-state index contributed by atoms with van der Waals surface area (Å²) >= 11 is 3.57. The first-order valence-corrected chi connectivity index (χ1v) is 5.36. The molecule has 0 saturated carbocycles. The van der Waals surface area contributed by atoms with Crippen LogP contribution < -0.4 is 0 Å². The maximum Gasteiger partial charge on any atom is 0.0158 e. The molecule has 1 rings (SSSR count). The molecular weight excluding hydrogens is 212 g/mol. The quantitative estimate of drug-likeness (QED) is 0.692. The smallest absolute Gasteiger partial charge is 0.0158 e. The van der Waals surface area contributed by atoms with Gasteiger partial charge in [0.25, 0.3) is 0 Å². The molecule has 1 unspecified atom stereocenters. The van der Waals surface area contributed by atoms with Crippen LogP contribution in [0.3, 0.4) is 0 Å². The number of alkyl halides is 1. The minimum Gasteiger partial charge on any atom is -0.0890 e. The van der Waals surface area contributed by atoms with E-state index in [1.807, 2.05) is 0 Å². The van der Waals surface area contributed by atoms with Crippen molar-refractivity contribution in [2.45, 2.75) is 31.5 Å². The van der Waals surface area contributed by atoms with E-state index in [0.717, 1.165) is 12.8 Å². The van der Waals surface area contributed by atoms with Crippen LogP contribution in [0.1, 0.15) is 25.0 Å². The van der Waals surface area contributed by atoms with Crippen molar-refractivity contribution in [3.05, 3.63) is 35.4 Å². The van der Waals surface area contributed by atoms with Gasteiger partial charge in [-0.15, -0.1) is 0 Å². The van der Waals surface area contributed by atoms with Crippen LogP contribution in [-0.4, -0.2) is 4.83 Å². The Labute approximate surface area is 83.1 Å². The fraction of sp³-hybridized carbons (Fsp3) is 0.455. The molecule has 0 heterocycles. The van der Waals surface area contributed by atoms with Gasteiger partial charge in [-0.2, -0.15) is 0 Å². The minimum atomic E-state index is 0.574. The fourth-order valence-electron chi connectivity index (χ4n) is 1.40. The Balaban J connectivity index is 2.82. The van der Waals surface area contributed by atoms with Crippen LogP contribution in [0.25, 0.3) is 0 Å². The molecule has 0 bridgehead atoms. The van der Waals surface area contributed by atoms with E-state index in [9.17, 15) is 0 Å². The topological polar surface area (TPSA) is 0 Å². The summed E-state index contributed by atoms with van der Waals surface area (Å²) in [6.07, 6.45) is 2.26. The molecule has 0 spiro atoms. The molecule has 66 valence electrons. The number of benzene rings is 1. The van der Waals surface area contributed by atoms with E-state index in [-0.39, 0.29) is 0 Å². The molecule has 12 heavy (non-hydrogen) atoms. The molecule has 0 aliphatic carbocycles. The molecule has 0 aromatic heterocycles. The van der Waals surface area contributed by atoms with Crippen LogP contribution in [-0.2, 0) is 12.8 Å². The fourth-order valence-corrected chi connectivity index (χ4v) is 1.75. The molecule has 0 radical (unpaired) electrons. The summed E-state index contributed by atoms with van der Waals surface area (Å²) < 4.78 is 0. The largest absolute Gasteiger partial charge is 0.0890 e. The second-order valence-corrected chi connectivity index (χ2v) is 4.67. The van der Waals surface area contributed by atoms with Gasteiger partial charge in [0.1, 0.15) is 0 Å².